The Balaban J connectivity index is 1.34. The van der Waals surface area contributed by atoms with Gasteiger partial charge in [-0.05, 0) is 55.3 Å². The zero-order valence-corrected chi connectivity index (χ0v) is 18.7. The minimum Gasteiger partial charge on any atom is -0.497 e. The molecule has 1 saturated heterocycles. The van der Waals surface area contributed by atoms with E-state index in [1.54, 1.807) is 13.4 Å². The van der Waals surface area contributed by atoms with Crippen LogP contribution in [0.15, 0.2) is 54.9 Å². The van der Waals surface area contributed by atoms with Crippen LogP contribution >= 0.6 is 0 Å². The van der Waals surface area contributed by atoms with E-state index in [9.17, 15) is 4.79 Å². The number of benzene rings is 2. The first-order valence-electron chi connectivity index (χ1n) is 10.7. The Hall–Kier alpha value is -3.61. The van der Waals surface area contributed by atoms with E-state index in [1.165, 1.54) is 0 Å². The number of aromatic nitrogens is 2. The molecular formula is C25H28N4O3. The van der Waals surface area contributed by atoms with E-state index in [0.717, 1.165) is 39.7 Å². The number of amides is 1. The zero-order valence-electron chi connectivity index (χ0n) is 18.7. The molecule has 4 rings (SSSR count). The molecule has 32 heavy (non-hydrogen) atoms. The van der Waals surface area contributed by atoms with Crippen molar-refractivity contribution in [3.63, 3.8) is 0 Å². The van der Waals surface area contributed by atoms with Crippen LogP contribution in [0.1, 0.15) is 11.1 Å². The molecule has 0 unspecified atom stereocenters. The molecule has 0 radical (unpaired) electrons. The van der Waals surface area contributed by atoms with Crippen LogP contribution in [0.5, 0.6) is 11.5 Å². The van der Waals surface area contributed by atoms with Crippen LogP contribution in [-0.4, -0.2) is 60.7 Å². The van der Waals surface area contributed by atoms with Gasteiger partial charge in [0.05, 0.1) is 12.8 Å². The molecule has 7 nitrogen and oxygen atoms in total. The highest BCUT2D eigenvalue weighted by atomic mass is 16.5. The second-order valence-corrected chi connectivity index (χ2v) is 7.92. The monoisotopic (exact) mass is 432 g/mol. The highest BCUT2D eigenvalue weighted by molar-refractivity contribution is 5.78. The van der Waals surface area contributed by atoms with Crippen LogP contribution in [0.2, 0.25) is 0 Å². The van der Waals surface area contributed by atoms with Gasteiger partial charge in [0.2, 0.25) is 0 Å². The van der Waals surface area contributed by atoms with Crippen molar-refractivity contribution in [1.82, 2.24) is 14.9 Å². The number of aryl methyl sites for hydroxylation is 2. The van der Waals surface area contributed by atoms with Gasteiger partial charge in [0.15, 0.2) is 6.61 Å². The average Bonchev–Trinajstić information content (AvgIpc) is 2.84. The SMILES string of the molecule is COc1ccc(-c2cc(N3CCN(C(=O)COc4cc(C)ccc4C)CC3)ncn2)cc1. The summed E-state index contributed by atoms with van der Waals surface area (Å²) in [6.45, 7) is 6.76. The van der Waals surface area contributed by atoms with Crippen molar-refractivity contribution >= 4 is 11.7 Å². The third kappa shape index (κ3) is 4.99. The molecular weight excluding hydrogens is 404 g/mol. The molecule has 2 aromatic carbocycles. The first-order valence-corrected chi connectivity index (χ1v) is 10.7. The number of rotatable bonds is 6. The molecule has 7 heteroatoms. The van der Waals surface area contributed by atoms with Crippen LogP contribution in [0.25, 0.3) is 11.3 Å². The molecule has 1 fully saturated rings. The van der Waals surface area contributed by atoms with Crippen molar-refractivity contribution in [3.05, 3.63) is 66.0 Å². The van der Waals surface area contributed by atoms with Crippen molar-refractivity contribution in [2.75, 3.05) is 44.8 Å². The van der Waals surface area contributed by atoms with Crippen molar-refractivity contribution < 1.29 is 14.3 Å². The Labute approximate surface area is 188 Å². The average molecular weight is 433 g/mol. The maximum Gasteiger partial charge on any atom is 0.260 e. The highest BCUT2D eigenvalue weighted by Gasteiger charge is 2.22. The molecule has 0 atom stereocenters. The largest absolute Gasteiger partial charge is 0.497 e. The lowest BCUT2D eigenvalue weighted by atomic mass is 10.1. The van der Waals surface area contributed by atoms with Crippen molar-refractivity contribution in [1.29, 1.82) is 0 Å². The molecule has 1 amide bonds. The lowest BCUT2D eigenvalue weighted by Crippen LogP contribution is -2.50. The fourth-order valence-electron chi connectivity index (χ4n) is 3.72. The van der Waals surface area contributed by atoms with E-state index >= 15 is 0 Å². The van der Waals surface area contributed by atoms with Gasteiger partial charge < -0.3 is 19.3 Å². The molecule has 0 bridgehead atoms. The highest BCUT2D eigenvalue weighted by Crippen LogP contribution is 2.24. The van der Waals surface area contributed by atoms with Crippen LogP contribution in [0.3, 0.4) is 0 Å². The summed E-state index contributed by atoms with van der Waals surface area (Å²) in [7, 11) is 1.65. The second-order valence-electron chi connectivity index (χ2n) is 7.92. The summed E-state index contributed by atoms with van der Waals surface area (Å²) < 4.78 is 11.0. The Kier molecular flexibility index (Phi) is 6.54. The molecule has 0 spiro atoms. The summed E-state index contributed by atoms with van der Waals surface area (Å²) in [6.07, 6.45) is 1.59. The minimum atomic E-state index is 0.00663. The third-order valence-electron chi connectivity index (χ3n) is 5.69. The Morgan fingerprint density at radius 2 is 1.72 bits per heavy atom. The smallest absolute Gasteiger partial charge is 0.260 e. The molecule has 3 aromatic rings. The van der Waals surface area contributed by atoms with Crippen LogP contribution in [0, 0.1) is 13.8 Å². The van der Waals surface area contributed by atoms with Crippen LogP contribution in [-0.2, 0) is 4.79 Å². The number of anilines is 1. The number of nitrogens with zero attached hydrogens (tertiary/aromatic N) is 4. The number of hydrogen-bond donors (Lipinski definition) is 0. The van der Waals surface area contributed by atoms with E-state index in [0.29, 0.717) is 26.2 Å². The predicted octanol–water partition coefficient (Wildman–Crippen LogP) is 3.50. The minimum absolute atomic E-state index is 0.00663. The van der Waals surface area contributed by atoms with Gasteiger partial charge in [0.1, 0.15) is 23.6 Å². The summed E-state index contributed by atoms with van der Waals surface area (Å²) in [5, 5.41) is 0. The van der Waals surface area contributed by atoms with Crippen LogP contribution < -0.4 is 14.4 Å². The lowest BCUT2D eigenvalue weighted by molar-refractivity contribution is -0.133. The van der Waals surface area contributed by atoms with Gasteiger partial charge in [0, 0.05) is 37.8 Å². The van der Waals surface area contributed by atoms with Gasteiger partial charge in [-0.1, -0.05) is 12.1 Å². The lowest BCUT2D eigenvalue weighted by Gasteiger charge is -2.35. The quantitative estimate of drug-likeness (QED) is 0.594. The first kappa shape index (κ1) is 21.6. The van der Waals surface area contributed by atoms with Crippen molar-refractivity contribution in [2.45, 2.75) is 13.8 Å². The summed E-state index contributed by atoms with van der Waals surface area (Å²) in [5.74, 6) is 2.45. The molecule has 0 N–H and O–H groups in total. The number of piperazine rings is 1. The fraction of sp³-hybridized carbons (Fsp3) is 0.320. The number of carbonyl (C=O) groups excluding carboxylic acids is 1. The number of ether oxygens (including phenoxy) is 2. The molecule has 166 valence electrons. The topological polar surface area (TPSA) is 67.8 Å². The van der Waals surface area contributed by atoms with E-state index in [-0.39, 0.29) is 12.5 Å². The maximum atomic E-state index is 12.6. The number of hydrogen-bond acceptors (Lipinski definition) is 6. The second kappa shape index (κ2) is 9.68. The molecule has 0 saturated carbocycles. The van der Waals surface area contributed by atoms with E-state index in [1.807, 2.05) is 67.3 Å². The van der Waals surface area contributed by atoms with Gasteiger partial charge >= 0.3 is 0 Å². The fourth-order valence-corrected chi connectivity index (χ4v) is 3.72. The summed E-state index contributed by atoms with van der Waals surface area (Å²) in [6, 6.07) is 15.8. The van der Waals surface area contributed by atoms with Crippen molar-refractivity contribution in [3.8, 4) is 22.8 Å². The normalized spacial score (nSPS) is 13.7. The molecule has 2 heterocycles. The molecule has 1 aliphatic heterocycles. The molecule has 1 aliphatic rings. The van der Waals surface area contributed by atoms with E-state index in [4.69, 9.17) is 9.47 Å². The first-order chi connectivity index (χ1) is 15.5. The van der Waals surface area contributed by atoms with Gasteiger partial charge in [-0.25, -0.2) is 9.97 Å². The summed E-state index contributed by atoms with van der Waals surface area (Å²) >= 11 is 0. The third-order valence-corrected chi connectivity index (χ3v) is 5.69. The van der Waals surface area contributed by atoms with Gasteiger partial charge in [-0.2, -0.15) is 0 Å². The number of methoxy groups -OCH3 is 1. The number of carbonyl (C=O) groups is 1. The molecule has 0 aliphatic carbocycles. The van der Waals surface area contributed by atoms with E-state index < -0.39 is 0 Å². The van der Waals surface area contributed by atoms with E-state index in [2.05, 4.69) is 14.9 Å². The Morgan fingerprint density at radius 1 is 0.969 bits per heavy atom. The maximum absolute atomic E-state index is 12.6. The molecule has 1 aromatic heterocycles. The zero-order chi connectivity index (χ0) is 22.5. The summed E-state index contributed by atoms with van der Waals surface area (Å²) in [5.41, 5.74) is 4.01. The van der Waals surface area contributed by atoms with Crippen LogP contribution in [0.4, 0.5) is 5.82 Å². The standard InChI is InChI=1S/C25H28N4O3/c1-18-4-5-19(2)23(14-18)32-16-25(30)29-12-10-28(11-13-29)24-15-22(26-17-27-24)20-6-8-21(31-3)9-7-20/h4-9,14-15,17H,10-13,16H2,1-3H3. The van der Waals surface area contributed by atoms with Gasteiger partial charge in [0.25, 0.3) is 5.91 Å². The Bertz CT molecular complexity index is 1080. The van der Waals surface area contributed by atoms with Gasteiger partial charge in [-0.15, -0.1) is 0 Å². The van der Waals surface area contributed by atoms with Gasteiger partial charge in [-0.3, -0.25) is 4.79 Å². The Morgan fingerprint density at radius 3 is 2.44 bits per heavy atom. The summed E-state index contributed by atoms with van der Waals surface area (Å²) in [4.78, 5) is 25.5. The predicted molar refractivity (Wildman–Crippen MR) is 124 cm³/mol. The van der Waals surface area contributed by atoms with Crippen molar-refractivity contribution in [2.24, 2.45) is 0 Å².